The highest BCUT2D eigenvalue weighted by atomic mass is 32.2. The fourth-order valence-corrected chi connectivity index (χ4v) is 3.13. The van der Waals surface area contributed by atoms with Gasteiger partial charge < -0.3 is 9.84 Å². The number of carboxylic acids is 1. The van der Waals surface area contributed by atoms with Gasteiger partial charge in [0, 0.05) is 13.1 Å². The molecule has 0 aromatic heterocycles. The van der Waals surface area contributed by atoms with Crippen LogP contribution in [0.2, 0.25) is 0 Å². The summed E-state index contributed by atoms with van der Waals surface area (Å²) < 4.78 is 30.9. The molecular weight excluding hydrogens is 276 g/mol. The molecule has 8 nitrogen and oxygen atoms in total. The Morgan fingerprint density at radius 2 is 2.05 bits per heavy atom. The molecule has 0 aliphatic carbocycles. The van der Waals surface area contributed by atoms with Gasteiger partial charge in [-0.05, 0) is 19.8 Å². The number of nitrogens with one attached hydrogen (secondary N) is 1. The molecule has 1 unspecified atom stereocenters. The van der Waals surface area contributed by atoms with Crippen LogP contribution in [0.25, 0.3) is 0 Å². The van der Waals surface area contributed by atoms with Crippen molar-refractivity contribution in [2.45, 2.75) is 26.7 Å². The summed E-state index contributed by atoms with van der Waals surface area (Å²) in [6, 6.07) is 0. The van der Waals surface area contributed by atoms with Gasteiger partial charge in [-0.3, -0.25) is 4.79 Å². The van der Waals surface area contributed by atoms with E-state index in [1.807, 2.05) is 0 Å². The molecule has 0 bridgehead atoms. The zero-order chi connectivity index (χ0) is 14.7. The average molecular weight is 294 g/mol. The van der Waals surface area contributed by atoms with Gasteiger partial charge in [0.15, 0.2) is 0 Å². The topological polar surface area (TPSA) is 113 Å². The first-order chi connectivity index (χ1) is 8.77. The van der Waals surface area contributed by atoms with E-state index in [2.05, 4.69) is 4.74 Å². The van der Waals surface area contributed by atoms with Gasteiger partial charge in [0.2, 0.25) is 0 Å². The van der Waals surface area contributed by atoms with E-state index in [9.17, 15) is 23.1 Å². The van der Waals surface area contributed by atoms with Crippen LogP contribution in [0, 0.1) is 5.41 Å². The van der Waals surface area contributed by atoms with E-state index in [0.29, 0.717) is 6.42 Å². The lowest BCUT2D eigenvalue weighted by atomic mass is 9.85. The molecule has 1 fully saturated rings. The van der Waals surface area contributed by atoms with Gasteiger partial charge in [-0.1, -0.05) is 6.92 Å². The van der Waals surface area contributed by atoms with Crippen LogP contribution in [0.5, 0.6) is 0 Å². The summed E-state index contributed by atoms with van der Waals surface area (Å²) >= 11 is 0. The summed E-state index contributed by atoms with van der Waals surface area (Å²) in [5.74, 6) is -1.02. The normalized spacial score (nSPS) is 24.1. The van der Waals surface area contributed by atoms with Crippen LogP contribution in [-0.2, 0) is 19.7 Å². The van der Waals surface area contributed by atoms with Crippen LogP contribution in [0.4, 0.5) is 4.79 Å². The Morgan fingerprint density at radius 1 is 1.42 bits per heavy atom. The monoisotopic (exact) mass is 294 g/mol. The number of carbonyl (C=O) groups excluding carboxylic acids is 1. The predicted octanol–water partition coefficient (Wildman–Crippen LogP) is 0.164. The molecule has 1 aliphatic heterocycles. The highest BCUT2D eigenvalue weighted by molar-refractivity contribution is 7.87. The van der Waals surface area contributed by atoms with Gasteiger partial charge in [-0.25, -0.2) is 9.52 Å². The summed E-state index contributed by atoms with van der Waals surface area (Å²) in [4.78, 5) is 22.3. The second-order valence-electron chi connectivity index (χ2n) is 4.35. The van der Waals surface area contributed by atoms with Crippen LogP contribution in [0.15, 0.2) is 0 Å². The third kappa shape index (κ3) is 3.35. The van der Waals surface area contributed by atoms with Crippen LogP contribution >= 0.6 is 0 Å². The minimum atomic E-state index is -4.05. The zero-order valence-corrected chi connectivity index (χ0v) is 11.7. The molecule has 110 valence electrons. The van der Waals surface area contributed by atoms with Gasteiger partial charge >= 0.3 is 22.3 Å². The van der Waals surface area contributed by atoms with Crippen molar-refractivity contribution in [2.75, 3.05) is 19.7 Å². The number of hydrogen-bond donors (Lipinski definition) is 2. The molecule has 1 heterocycles. The summed E-state index contributed by atoms with van der Waals surface area (Å²) in [5.41, 5.74) is -1.08. The number of carbonyl (C=O) groups is 2. The van der Waals surface area contributed by atoms with Crippen LogP contribution in [0.3, 0.4) is 0 Å². The third-order valence-corrected chi connectivity index (χ3v) is 4.69. The number of aliphatic carboxylic acids is 1. The van der Waals surface area contributed by atoms with Gasteiger partial charge in [0.05, 0.1) is 12.0 Å². The van der Waals surface area contributed by atoms with Crippen molar-refractivity contribution >= 4 is 22.3 Å². The molecular formula is C10H18N2O6S. The van der Waals surface area contributed by atoms with E-state index < -0.39 is 27.7 Å². The fraction of sp³-hybridized carbons (Fsp3) is 0.800. The average Bonchev–Trinajstić information content (AvgIpc) is 2.74. The molecule has 0 aromatic rings. The molecule has 1 saturated heterocycles. The molecule has 2 N–H and O–H groups in total. The van der Waals surface area contributed by atoms with Gasteiger partial charge in [0.1, 0.15) is 0 Å². The highest BCUT2D eigenvalue weighted by Crippen LogP contribution is 2.35. The van der Waals surface area contributed by atoms with Crippen molar-refractivity contribution < 1.29 is 27.9 Å². The van der Waals surface area contributed by atoms with Crippen molar-refractivity contribution in [1.82, 2.24) is 9.03 Å². The van der Waals surface area contributed by atoms with E-state index >= 15 is 0 Å². The maximum Gasteiger partial charge on any atom is 0.421 e. The summed E-state index contributed by atoms with van der Waals surface area (Å²) in [6.07, 6.45) is -0.511. The van der Waals surface area contributed by atoms with Crippen molar-refractivity contribution in [3.8, 4) is 0 Å². The lowest BCUT2D eigenvalue weighted by molar-refractivity contribution is -0.148. The Hall–Kier alpha value is -1.35. The standard InChI is InChI=1S/C10H18N2O6S/c1-3-10(8(13)14)5-6-12(7-10)19(16,17)11-9(15)18-4-2/h3-7H2,1-2H3,(H,11,15)(H,13,14). The van der Waals surface area contributed by atoms with Crippen molar-refractivity contribution in [3.05, 3.63) is 0 Å². The van der Waals surface area contributed by atoms with E-state index in [0.717, 1.165) is 4.31 Å². The largest absolute Gasteiger partial charge is 0.481 e. The second-order valence-corrected chi connectivity index (χ2v) is 6.02. The Morgan fingerprint density at radius 3 is 2.47 bits per heavy atom. The molecule has 0 saturated carbocycles. The predicted molar refractivity (Wildman–Crippen MR) is 65.6 cm³/mol. The second kappa shape index (κ2) is 5.74. The molecule has 0 aromatic carbocycles. The van der Waals surface area contributed by atoms with Crippen LogP contribution < -0.4 is 4.72 Å². The van der Waals surface area contributed by atoms with Crippen LogP contribution in [-0.4, -0.2) is 49.6 Å². The van der Waals surface area contributed by atoms with E-state index in [1.54, 1.807) is 18.6 Å². The molecule has 0 spiro atoms. The molecule has 1 rings (SSSR count). The lowest BCUT2D eigenvalue weighted by Gasteiger charge is -2.22. The zero-order valence-electron chi connectivity index (χ0n) is 10.9. The minimum absolute atomic E-state index is 0.0510. The number of rotatable bonds is 5. The quantitative estimate of drug-likeness (QED) is 0.747. The Labute approximate surface area is 111 Å². The summed E-state index contributed by atoms with van der Waals surface area (Å²) in [5, 5.41) is 9.18. The Kier molecular flexibility index (Phi) is 4.75. The maximum absolute atomic E-state index is 11.9. The highest BCUT2D eigenvalue weighted by Gasteiger charge is 2.47. The molecule has 19 heavy (non-hydrogen) atoms. The first kappa shape index (κ1) is 15.7. The van der Waals surface area contributed by atoms with Gasteiger partial charge in [-0.15, -0.1) is 0 Å². The Bertz CT molecular complexity index is 463. The third-order valence-electron chi connectivity index (χ3n) is 3.28. The first-order valence-corrected chi connectivity index (χ1v) is 7.39. The van der Waals surface area contributed by atoms with E-state index in [1.165, 1.54) is 0 Å². The SMILES string of the molecule is CCOC(=O)NS(=O)(=O)N1CCC(CC)(C(=O)O)C1. The maximum atomic E-state index is 11.9. The molecule has 0 radical (unpaired) electrons. The number of amides is 1. The number of carboxylic acid groups (broad SMARTS) is 1. The van der Waals surface area contributed by atoms with E-state index in [-0.39, 0.29) is 26.1 Å². The summed E-state index contributed by atoms with van der Waals surface area (Å²) in [6.45, 7) is 3.22. The Balaban J connectivity index is 2.78. The van der Waals surface area contributed by atoms with Crippen molar-refractivity contribution in [2.24, 2.45) is 5.41 Å². The van der Waals surface area contributed by atoms with Gasteiger partial charge in [0.25, 0.3) is 0 Å². The molecule has 1 amide bonds. The minimum Gasteiger partial charge on any atom is -0.481 e. The number of ether oxygens (including phenoxy) is 1. The molecule has 1 aliphatic rings. The first-order valence-electron chi connectivity index (χ1n) is 5.95. The fourth-order valence-electron chi connectivity index (χ4n) is 1.98. The van der Waals surface area contributed by atoms with Crippen LogP contribution in [0.1, 0.15) is 26.7 Å². The smallest absolute Gasteiger partial charge is 0.421 e. The van der Waals surface area contributed by atoms with Crippen molar-refractivity contribution in [3.63, 3.8) is 0 Å². The molecule has 9 heteroatoms. The lowest BCUT2D eigenvalue weighted by Crippen LogP contribution is -2.44. The van der Waals surface area contributed by atoms with Crippen molar-refractivity contribution in [1.29, 1.82) is 0 Å². The number of hydrogen-bond acceptors (Lipinski definition) is 5. The molecule has 1 atom stereocenters. The summed E-state index contributed by atoms with van der Waals surface area (Å²) in [7, 11) is -4.05. The number of nitrogens with zero attached hydrogens (tertiary/aromatic N) is 1. The van der Waals surface area contributed by atoms with Gasteiger partial charge in [-0.2, -0.15) is 12.7 Å². The van der Waals surface area contributed by atoms with E-state index in [4.69, 9.17) is 0 Å².